The summed E-state index contributed by atoms with van der Waals surface area (Å²) in [4.78, 5) is 11.9. The van der Waals surface area contributed by atoms with E-state index in [0.29, 0.717) is 24.8 Å². The van der Waals surface area contributed by atoms with Crippen molar-refractivity contribution in [1.29, 1.82) is 0 Å². The molecular weight excluding hydrogens is 416 g/mol. The van der Waals surface area contributed by atoms with Gasteiger partial charge in [-0.2, -0.15) is 8.78 Å². The molecule has 1 atom stereocenters. The lowest BCUT2D eigenvalue weighted by atomic mass is 9.74. The lowest BCUT2D eigenvalue weighted by molar-refractivity contribution is 0.0150. The number of rotatable bonds is 7. The predicted octanol–water partition coefficient (Wildman–Crippen LogP) is 7.19. The number of carbonyl (C=O) groups excluding carboxylic acids is 1. The number of benzene rings is 2. The van der Waals surface area contributed by atoms with Crippen molar-refractivity contribution in [3.63, 3.8) is 0 Å². The highest BCUT2D eigenvalue weighted by molar-refractivity contribution is 7.99. The van der Waals surface area contributed by atoms with Gasteiger partial charge in [0.15, 0.2) is 11.6 Å². The molecule has 0 radical (unpaired) electrons. The van der Waals surface area contributed by atoms with Gasteiger partial charge in [0.05, 0.1) is 10.5 Å². The number of alkyl halides is 2. The maximum absolute atomic E-state index is 14.6. The summed E-state index contributed by atoms with van der Waals surface area (Å²) in [5, 5.41) is 0. The van der Waals surface area contributed by atoms with Crippen molar-refractivity contribution in [3.8, 4) is 0 Å². The Bertz CT molecular complexity index is 852. The molecule has 1 aliphatic carbocycles. The molecule has 0 amide bonds. The van der Waals surface area contributed by atoms with Crippen LogP contribution in [0.4, 0.5) is 17.6 Å². The van der Waals surface area contributed by atoms with Gasteiger partial charge in [0.2, 0.25) is 0 Å². The molecule has 1 unspecified atom stereocenters. The number of hydrogen-bond acceptors (Lipinski definition) is 3. The molecule has 0 aliphatic heterocycles. The van der Waals surface area contributed by atoms with Crippen LogP contribution in [0, 0.1) is 17.6 Å². The topological polar surface area (TPSA) is 26.3 Å². The van der Waals surface area contributed by atoms with Gasteiger partial charge in [0.25, 0.3) is 5.76 Å². The van der Waals surface area contributed by atoms with Gasteiger partial charge in [-0.3, -0.25) is 0 Å². The zero-order valence-corrected chi connectivity index (χ0v) is 17.4. The molecule has 0 bridgehead atoms. The van der Waals surface area contributed by atoms with Crippen molar-refractivity contribution in [2.24, 2.45) is 5.92 Å². The molecule has 0 N–H and O–H groups in total. The Morgan fingerprint density at radius 2 is 1.70 bits per heavy atom. The van der Waals surface area contributed by atoms with Crippen molar-refractivity contribution in [1.82, 2.24) is 0 Å². The normalized spacial score (nSPS) is 20.2. The first-order valence-electron chi connectivity index (χ1n) is 10.1. The fraction of sp³-hybridized carbons (Fsp3) is 0.435. The van der Waals surface area contributed by atoms with E-state index >= 15 is 0 Å². The SMILES string of the molecule is CCC(c1ccc(SC(F)F)c(F)c1F)C1CCC(OC(=O)c2ccccc2)CC1. The Morgan fingerprint density at radius 3 is 2.30 bits per heavy atom. The molecule has 7 heteroatoms. The van der Waals surface area contributed by atoms with Gasteiger partial charge in [-0.1, -0.05) is 43.0 Å². The average Bonchev–Trinajstić information content (AvgIpc) is 2.75. The third-order valence-corrected chi connectivity index (χ3v) is 6.45. The van der Waals surface area contributed by atoms with Crippen LogP contribution < -0.4 is 0 Å². The number of carbonyl (C=O) groups is 1. The summed E-state index contributed by atoms with van der Waals surface area (Å²) in [7, 11) is 0. The van der Waals surface area contributed by atoms with Gasteiger partial charge in [-0.25, -0.2) is 13.6 Å². The van der Waals surface area contributed by atoms with E-state index < -0.39 is 17.4 Å². The highest BCUT2D eigenvalue weighted by Crippen LogP contribution is 2.41. The van der Waals surface area contributed by atoms with E-state index in [4.69, 9.17) is 4.74 Å². The van der Waals surface area contributed by atoms with Gasteiger partial charge in [0, 0.05) is 0 Å². The minimum Gasteiger partial charge on any atom is -0.459 e. The van der Waals surface area contributed by atoms with Crippen LogP contribution in [0.15, 0.2) is 47.4 Å². The largest absolute Gasteiger partial charge is 0.459 e. The third kappa shape index (κ3) is 5.36. The number of ether oxygens (including phenoxy) is 1. The van der Waals surface area contributed by atoms with Crippen LogP contribution in [0.25, 0.3) is 0 Å². The van der Waals surface area contributed by atoms with E-state index in [1.54, 1.807) is 24.3 Å². The Labute approximate surface area is 178 Å². The summed E-state index contributed by atoms with van der Waals surface area (Å²) in [6, 6.07) is 11.5. The third-order valence-electron chi connectivity index (χ3n) is 5.70. The molecule has 0 spiro atoms. The standard InChI is InChI=1S/C23H24F4O2S/c1-2-17(18-12-13-19(30-23(26)27)21(25)20(18)24)14-8-10-16(11-9-14)29-22(28)15-6-4-3-5-7-15/h3-7,12-14,16-17,23H,2,8-11H2,1H3. The van der Waals surface area contributed by atoms with Crippen LogP contribution in [-0.2, 0) is 4.74 Å². The summed E-state index contributed by atoms with van der Waals surface area (Å²) in [5.74, 6) is -5.50. The lowest BCUT2D eigenvalue weighted by Crippen LogP contribution is -2.27. The van der Waals surface area contributed by atoms with E-state index in [0.717, 1.165) is 12.8 Å². The molecule has 1 saturated carbocycles. The first-order valence-corrected chi connectivity index (χ1v) is 11.0. The molecule has 1 aliphatic rings. The molecule has 2 nitrogen and oxygen atoms in total. The van der Waals surface area contributed by atoms with Crippen molar-refractivity contribution < 1.29 is 27.1 Å². The highest BCUT2D eigenvalue weighted by atomic mass is 32.2. The molecule has 2 aromatic carbocycles. The minimum absolute atomic E-state index is 0.0101. The summed E-state index contributed by atoms with van der Waals surface area (Å²) in [6.45, 7) is 1.91. The van der Waals surface area contributed by atoms with E-state index in [1.165, 1.54) is 12.1 Å². The fourth-order valence-electron chi connectivity index (χ4n) is 4.23. The van der Waals surface area contributed by atoms with Gasteiger partial charge in [0.1, 0.15) is 6.10 Å². The van der Waals surface area contributed by atoms with E-state index in [-0.39, 0.29) is 46.1 Å². The lowest BCUT2D eigenvalue weighted by Gasteiger charge is -2.33. The first kappa shape index (κ1) is 22.7. The van der Waals surface area contributed by atoms with Gasteiger partial charge < -0.3 is 4.74 Å². The Kier molecular flexibility index (Phi) is 7.81. The summed E-state index contributed by atoms with van der Waals surface area (Å²) in [5.41, 5.74) is 0.740. The van der Waals surface area contributed by atoms with Crippen LogP contribution in [-0.4, -0.2) is 17.8 Å². The monoisotopic (exact) mass is 440 g/mol. The molecule has 30 heavy (non-hydrogen) atoms. The molecule has 3 rings (SSSR count). The molecule has 0 saturated heterocycles. The van der Waals surface area contributed by atoms with Crippen molar-refractivity contribution in [2.75, 3.05) is 0 Å². The van der Waals surface area contributed by atoms with E-state index in [1.807, 2.05) is 13.0 Å². The van der Waals surface area contributed by atoms with Crippen molar-refractivity contribution in [2.45, 2.75) is 61.7 Å². The van der Waals surface area contributed by atoms with Crippen molar-refractivity contribution >= 4 is 17.7 Å². The Morgan fingerprint density at radius 1 is 1.03 bits per heavy atom. The van der Waals surface area contributed by atoms with Crippen LogP contribution in [0.3, 0.4) is 0 Å². The summed E-state index contributed by atoms with van der Waals surface area (Å²) < 4.78 is 59.5. The fourth-order valence-corrected chi connectivity index (χ4v) is 4.76. The zero-order valence-electron chi connectivity index (χ0n) is 16.6. The second-order valence-electron chi connectivity index (χ2n) is 7.48. The van der Waals surface area contributed by atoms with E-state index in [2.05, 4.69) is 0 Å². The summed E-state index contributed by atoms with van der Waals surface area (Å²) in [6.07, 6.45) is 3.17. The van der Waals surface area contributed by atoms with E-state index in [9.17, 15) is 22.4 Å². The van der Waals surface area contributed by atoms with Crippen LogP contribution >= 0.6 is 11.8 Å². The quantitative estimate of drug-likeness (QED) is 0.259. The Balaban J connectivity index is 1.64. The molecule has 162 valence electrons. The zero-order chi connectivity index (χ0) is 21.7. The van der Waals surface area contributed by atoms with Crippen LogP contribution in [0.1, 0.15) is 60.9 Å². The smallest absolute Gasteiger partial charge is 0.338 e. The molecule has 0 heterocycles. The minimum atomic E-state index is -2.81. The second kappa shape index (κ2) is 10.3. The van der Waals surface area contributed by atoms with Crippen molar-refractivity contribution in [3.05, 3.63) is 65.2 Å². The average molecular weight is 441 g/mol. The number of thioether (sulfide) groups is 1. The molecule has 1 fully saturated rings. The van der Waals surface area contributed by atoms with Gasteiger partial charge in [-0.05, 0) is 67.7 Å². The molecular formula is C23H24F4O2S. The summed E-state index contributed by atoms with van der Waals surface area (Å²) >= 11 is 0.0101. The van der Waals surface area contributed by atoms with Crippen LogP contribution in [0.2, 0.25) is 0 Å². The predicted molar refractivity (Wildman–Crippen MR) is 109 cm³/mol. The maximum Gasteiger partial charge on any atom is 0.338 e. The van der Waals surface area contributed by atoms with Crippen LogP contribution in [0.5, 0.6) is 0 Å². The Hall–Kier alpha value is -2.02. The first-order chi connectivity index (χ1) is 14.4. The maximum atomic E-state index is 14.6. The second-order valence-corrected chi connectivity index (χ2v) is 8.51. The van der Waals surface area contributed by atoms with Gasteiger partial charge in [-0.15, -0.1) is 0 Å². The van der Waals surface area contributed by atoms with Gasteiger partial charge >= 0.3 is 5.97 Å². The highest BCUT2D eigenvalue weighted by Gasteiger charge is 2.32. The number of halogens is 4. The number of hydrogen-bond donors (Lipinski definition) is 0. The molecule has 0 aromatic heterocycles. The molecule has 2 aromatic rings. The number of esters is 1.